The summed E-state index contributed by atoms with van der Waals surface area (Å²) in [5.74, 6) is -1.11. The van der Waals surface area contributed by atoms with Crippen LogP contribution in [0.5, 0.6) is 0 Å². The van der Waals surface area contributed by atoms with Gasteiger partial charge in [-0.2, -0.15) is 0 Å². The molecule has 0 aromatic heterocycles. The van der Waals surface area contributed by atoms with Gasteiger partial charge in [0.2, 0.25) is 0 Å². The SMILES string of the molecule is CCN(CC(C)(C)O)C(=O)Nc1cc(C(=O)O)ccc1Cl. The van der Waals surface area contributed by atoms with Crippen LogP contribution in [0.25, 0.3) is 0 Å². The van der Waals surface area contributed by atoms with Crippen LogP contribution in [0, 0.1) is 0 Å². The Bertz CT molecular complexity index is 540. The van der Waals surface area contributed by atoms with Gasteiger partial charge in [-0.05, 0) is 39.0 Å². The quantitative estimate of drug-likeness (QED) is 0.779. The van der Waals surface area contributed by atoms with Crippen LogP contribution in [-0.4, -0.2) is 45.8 Å². The van der Waals surface area contributed by atoms with Crippen molar-refractivity contribution in [3.63, 3.8) is 0 Å². The van der Waals surface area contributed by atoms with Gasteiger partial charge in [-0.15, -0.1) is 0 Å². The fourth-order valence-corrected chi connectivity index (χ4v) is 1.91. The van der Waals surface area contributed by atoms with Crippen LogP contribution >= 0.6 is 11.6 Å². The van der Waals surface area contributed by atoms with E-state index in [4.69, 9.17) is 16.7 Å². The first-order chi connectivity index (χ1) is 9.64. The molecule has 1 aromatic rings. The molecule has 0 aliphatic carbocycles. The van der Waals surface area contributed by atoms with E-state index in [-0.39, 0.29) is 22.8 Å². The zero-order chi connectivity index (χ0) is 16.2. The van der Waals surface area contributed by atoms with Crippen molar-refractivity contribution in [2.75, 3.05) is 18.4 Å². The number of nitrogens with one attached hydrogen (secondary N) is 1. The molecule has 0 spiro atoms. The number of likely N-dealkylation sites (N-methyl/N-ethyl adjacent to an activating group) is 1. The molecule has 1 aromatic carbocycles. The van der Waals surface area contributed by atoms with E-state index in [9.17, 15) is 14.7 Å². The number of carbonyl (C=O) groups is 2. The average molecular weight is 315 g/mol. The Balaban J connectivity index is 2.91. The molecular weight excluding hydrogens is 296 g/mol. The third kappa shape index (κ3) is 5.24. The van der Waals surface area contributed by atoms with Gasteiger partial charge in [-0.3, -0.25) is 0 Å². The summed E-state index contributed by atoms with van der Waals surface area (Å²) in [6.45, 7) is 5.51. The van der Waals surface area contributed by atoms with E-state index >= 15 is 0 Å². The molecule has 7 heteroatoms. The summed E-state index contributed by atoms with van der Waals surface area (Å²) in [7, 11) is 0. The third-order valence-electron chi connectivity index (χ3n) is 2.70. The maximum atomic E-state index is 12.2. The van der Waals surface area contributed by atoms with Crippen LogP contribution in [0.3, 0.4) is 0 Å². The monoisotopic (exact) mass is 314 g/mol. The van der Waals surface area contributed by atoms with E-state index in [0.717, 1.165) is 0 Å². The second kappa shape index (κ2) is 6.78. The van der Waals surface area contributed by atoms with Crippen LogP contribution in [0.1, 0.15) is 31.1 Å². The van der Waals surface area contributed by atoms with Crippen molar-refractivity contribution in [3.8, 4) is 0 Å². The predicted octanol–water partition coefficient (Wildman–Crippen LogP) is 2.66. The molecule has 116 valence electrons. The van der Waals surface area contributed by atoms with E-state index in [1.807, 2.05) is 0 Å². The summed E-state index contributed by atoms with van der Waals surface area (Å²) in [4.78, 5) is 24.5. The number of aliphatic hydroxyl groups is 1. The molecule has 21 heavy (non-hydrogen) atoms. The number of carboxylic acid groups (broad SMARTS) is 1. The van der Waals surface area contributed by atoms with Gasteiger partial charge < -0.3 is 20.4 Å². The minimum absolute atomic E-state index is 0.0280. The Labute approximate surface area is 128 Å². The van der Waals surface area contributed by atoms with Crippen LogP contribution in [0.4, 0.5) is 10.5 Å². The Morgan fingerprint density at radius 3 is 2.48 bits per heavy atom. The van der Waals surface area contributed by atoms with Gasteiger partial charge in [-0.1, -0.05) is 11.6 Å². The highest BCUT2D eigenvalue weighted by molar-refractivity contribution is 6.33. The van der Waals surface area contributed by atoms with Gasteiger partial charge in [0, 0.05) is 6.54 Å². The first-order valence-electron chi connectivity index (χ1n) is 6.45. The van der Waals surface area contributed by atoms with E-state index in [1.165, 1.54) is 23.1 Å². The van der Waals surface area contributed by atoms with Gasteiger partial charge in [0.25, 0.3) is 0 Å². The number of hydrogen-bond acceptors (Lipinski definition) is 3. The maximum absolute atomic E-state index is 12.2. The van der Waals surface area contributed by atoms with Gasteiger partial charge in [0.15, 0.2) is 0 Å². The number of aromatic carboxylic acids is 1. The zero-order valence-corrected chi connectivity index (χ0v) is 12.9. The largest absolute Gasteiger partial charge is 0.478 e. The van der Waals surface area contributed by atoms with Crippen molar-refractivity contribution in [1.82, 2.24) is 4.90 Å². The standard InChI is InChI=1S/C14H19ClN2O4/c1-4-17(8-14(2,3)21)13(20)16-11-7-9(12(18)19)5-6-10(11)15/h5-7,21H,4,8H2,1-3H3,(H,16,20)(H,18,19). The van der Waals surface area contributed by atoms with E-state index < -0.39 is 17.6 Å². The van der Waals surface area contributed by atoms with Crippen molar-refractivity contribution >= 4 is 29.3 Å². The van der Waals surface area contributed by atoms with Crippen molar-refractivity contribution in [2.45, 2.75) is 26.4 Å². The number of nitrogens with zero attached hydrogens (tertiary/aromatic N) is 1. The summed E-state index contributed by atoms with van der Waals surface area (Å²) < 4.78 is 0. The molecule has 0 fully saturated rings. The number of anilines is 1. The molecule has 0 aliphatic heterocycles. The number of urea groups is 1. The van der Waals surface area contributed by atoms with Crippen LogP contribution in [-0.2, 0) is 0 Å². The third-order valence-corrected chi connectivity index (χ3v) is 3.03. The van der Waals surface area contributed by atoms with Crippen LogP contribution in [0.15, 0.2) is 18.2 Å². The van der Waals surface area contributed by atoms with Crippen molar-refractivity contribution in [3.05, 3.63) is 28.8 Å². The van der Waals surface area contributed by atoms with Gasteiger partial charge in [0.1, 0.15) is 0 Å². The minimum atomic E-state index is -1.11. The normalized spacial score (nSPS) is 11.1. The number of halogens is 1. The van der Waals surface area contributed by atoms with Gasteiger partial charge in [0.05, 0.1) is 28.4 Å². The van der Waals surface area contributed by atoms with E-state index in [1.54, 1.807) is 20.8 Å². The highest BCUT2D eigenvalue weighted by atomic mass is 35.5. The smallest absolute Gasteiger partial charge is 0.335 e. The number of rotatable bonds is 5. The number of carboxylic acids is 1. The molecule has 0 radical (unpaired) electrons. The molecule has 0 atom stereocenters. The molecule has 0 aliphatic rings. The first-order valence-corrected chi connectivity index (χ1v) is 6.83. The van der Waals surface area contributed by atoms with Crippen molar-refractivity contribution in [1.29, 1.82) is 0 Å². The Morgan fingerprint density at radius 2 is 2.00 bits per heavy atom. The summed E-state index contributed by atoms with van der Waals surface area (Å²) in [5, 5.41) is 21.5. The maximum Gasteiger partial charge on any atom is 0.335 e. The van der Waals surface area contributed by atoms with Crippen molar-refractivity contribution in [2.24, 2.45) is 0 Å². The van der Waals surface area contributed by atoms with Gasteiger partial charge >= 0.3 is 12.0 Å². The molecule has 0 heterocycles. The highest BCUT2D eigenvalue weighted by Crippen LogP contribution is 2.23. The summed E-state index contributed by atoms with van der Waals surface area (Å²) in [6, 6.07) is 3.60. The highest BCUT2D eigenvalue weighted by Gasteiger charge is 2.22. The Kier molecular flexibility index (Phi) is 5.57. The fraction of sp³-hybridized carbons (Fsp3) is 0.429. The molecule has 2 amide bonds. The van der Waals surface area contributed by atoms with E-state index in [2.05, 4.69) is 5.32 Å². The molecule has 1 rings (SSSR count). The summed E-state index contributed by atoms with van der Waals surface area (Å²) in [5.41, 5.74) is -0.781. The average Bonchev–Trinajstić information content (AvgIpc) is 2.37. The minimum Gasteiger partial charge on any atom is -0.478 e. The lowest BCUT2D eigenvalue weighted by Crippen LogP contribution is -2.44. The molecule has 0 unspecified atom stereocenters. The second-order valence-corrected chi connectivity index (χ2v) is 5.66. The molecule has 3 N–H and O–H groups in total. The van der Waals surface area contributed by atoms with Crippen molar-refractivity contribution < 1.29 is 19.8 Å². The van der Waals surface area contributed by atoms with E-state index in [0.29, 0.717) is 6.54 Å². The summed E-state index contributed by atoms with van der Waals surface area (Å²) >= 11 is 5.95. The lowest BCUT2D eigenvalue weighted by atomic mass is 10.1. The number of hydrogen-bond donors (Lipinski definition) is 3. The molecule has 0 bridgehead atoms. The number of carbonyl (C=O) groups excluding carboxylic acids is 1. The Morgan fingerprint density at radius 1 is 1.38 bits per heavy atom. The second-order valence-electron chi connectivity index (χ2n) is 5.26. The zero-order valence-electron chi connectivity index (χ0n) is 12.2. The number of benzene rings is 1. The molecule has 0 saturated carbocycles. The fourth-order valence-electron chi connectivity index (χ4n) is 1.74. The molecular formula is C14H19ClN2O4. The predicted molar refractivity (Wildman–Crippen MR) is 81.0 cm³/mol. The molecule has 6 nitrogen and oxygen atoms in total. The topological polar surface area (TPSA) is 89.9 Å². The molecule has 0 saturated heterocycles. The Hall–Kier alpha value is -1.79. The van der Waals surface area contributed by atoms with Crippen LogP contribution < -0.4 is 5.32 Å². The number of amides is 2. The lowest BCUT2D eigenvalue weighted by Gasteiger charge is -2.28. The van der Waals surface area contributed by atoms with Gasteiger partial charge in [-0.25, -0.2) is 9.59 Å². The lowest BCUT2D eigenvalue weighted by molar-refractivity contribution is 0.0501. The first kappa shape index (κ1) is 17.3. The van der Waals surface area contributed by atoms with Crippen LogP contribution in [0.2, 0.25) is 5.02 Å². The summed E-state index contributed by atoms with van der Waals surface area (Å²) in [6.07, 6.45) is 0.